The van der Waals surface area contributed by atoms with E-state index in [1.54, 1.807) is 24.0 Å². The molecular formula is C32H35N3O4. The molecule has 7 nitrogen and oxygen atoms in total. The summed E-state index contributed by atoms with van der Waals surface area (Å²) in [6.45, 7) is 6.37. The zero-order chi connectivity index (χ0) is 27.8. The molecule has 0 spiro atoms. The lowest BCUT2D eigenvalue weighted by Gasteiger charge is -2.37. The number of rotatable bonds is 10. The minimum absolute atomic E-state index is 0.117. The summed E-state index contributed by atoms with van der Waals surface area (Å²) in [4.78, 5) is 41.7. The number of urea groups is 1. The Balaban J connectivity index is 1.75. The van der Waals surface area contributed by atoms with E-state index >= 15 is 0 Å². The van der Waals surface area contributed by atoms with Gasteiger partial charge in [0.25, 0.3) is 0 Å². The number of nitrogens with one attached hydrogen (secondary N) is 2. The number of ether oxygens (including phenoxy) is 1. The molecular weight excluding hydrogens is 490 g/mol. The Labute approximate surface area is 229 Å². The van der Waals surface area contributed by atoms with E-state index in [9.17, 15) is 14.4 Å². The van der Waals surface area contributed by atoms with Crippen molar-refractivity contribution in [2.75, 3.05) is 18.5 Å². The molecule has 2 unspecified atom stereocenters. The van der Waals surface area contributed by atoms with Gasteiger partial charge in [-0.3, -0.25) is 9.69 Å². The second-order valence-electron chi connectivity index (χ2n) is 9.37. The third-order valence-corrected chi connectivity index (χ3v) is 6.73. The molecule has 2 atom stereocenters. The van der Waals surface area contributed by atoms with Gasteiger partial charge in [-0.05, 0) is 48.6 Å². The van der Waals surface area contributed by atoms with E-state index in [2.05, 4.69) is 10.6 Å². The van der Waals surface area contributed by atoms with Crippen molar-refractivity contribution < 1.29 is 19.1 Å². The van der Waals surface area contributed by atoms with Gasteiger partial charge in [0.2, 0.25) is 5.91 Å². The van der Waals surface area contributed by atoms with Crippen LogP contribution in [0.2, 0.25) is 0 Å². The summed E-state index contributed by atoms with van der Waals surface area (Å²) in [5.41, 5.74) is 3.85. The van der Waals surface area contributed by atoms with Crippen LogP contribution < -0.4 is 10.6 Å². The van der Waals surface area contributed by atoms with Crippen molar-refractivity contribution in [2.45, 2.75) is 45.6 Å². The van der Waals surface area contributed by atoms with Crippen LogP contribution in [0.5, 0.6) is 0 Å². The van der Waals surface area contributed by atoms with Gasteiger partial charge in [0.1, 0.15) is 0 Å². The molecule has 202 valence electrons. The van der Waals surface area contributed by atoms with E-state index in [4.69, 9.17) is 4.74 Å². The maximum Gasteiger partial charge on any atom is 0.338 e. The molecule has 39 heavy (non-hydrogen) atoms. The van der Waals surface area contributed by atoms with Gasteiger partial charge in [-0.2, -0.15) is 0 Å². The average molecular weight is 526 g/mol. The van der Waals surface area contributed by atoms with Crippen LogP contribution in [-0.4, -0.2) is 36.0 Å². The summed E-state index contributed by atoms with van der Waals surface area (Å²) in [6.07, 6.45) is 1.36. The Morgan fingerprint density at radius 1 is 0.949 bits per heavy atom. The number of hydrogen-bond donors (Lipinski definition) is 2. The molecule has 3 aromatic carbocycles. The van der Waals surface area contributed by atoms with Crippen LogP contribution in [0.3, 0.4) is 0 Å². The van der Waals surface area contributed by atoms with E-state index in [0.717, 1.165) is 11.1 Å². The Morgan fingerprint density at radius 2 is 1.64 bits per heavy atom. The maximum absolute atomic E-state index is 13.4. The predicted octanol–water partition coefficient (Wildman–Crippen LogP) is 6.27. The summed E-state index contributed by atoms with van der Waals surface area (Å²) < 4.78 is 5.49. The zero-order valence-corrected chi connectivity index (χ0v) is 22.6. The molecule has 4 rings (SSSR count). The number of anilines is 1. The lowest BCUT2D eigenvalue weighted by atomic mass is 9.91. The molecule has 0 radical (unpaired) electrons. The molecule has 7 heteroatoms. The topological polar surface area (TPSA) is 87.7 Å². The second kappa shape index (κ2) is 12.9. The maximum atomic E-state index is 13.4. The van der Waals surface area contributed by atoms with Crippen molar-refractivity contribution in [2.24, 2.45) is 0 Å². The van der Waals surface area contributed by atoms with Crippen LogP contribution in [0.15, 0.2) is 90.5 Å². The summed E-state index contributed by atoms with van der Waals surface area (Å²) in [7, 11) is 0. The van der Waals surface area contributed by atoms with Gasteiger partial charge in [-0.15, -0.1) is 0 Å². The predicted molar refractivity (Wildman–Crippen MR) is 153 cm³/mol. The van der Waals surface area contributed by atoms with Gasteiger partial charge in [0.15, 0.2) is 0 Å². The van der Waals surface area contributed by atoms with Crippen LogP contribution in [0.25, 0.3) is 5.70 Å². The van der Waals surface area contributed by atoms with Gasteiger partial charge in [0.05, 0.1) is 29.8 Å². The SMILES string of the molecule is CCCN1C(=O)NC(c2cccc(NC(=O)C(CC)c3ccccc3)c2)C(C(=O)OCC)=C1c1ccccc1. The first kappa shape index (κ1) is 27.6. The van der Waals surface area contributed by atoms with E-state index in [-0.39, 0.29) is 24.5 Å². The van der Waals surface area contributed by atoms with Gasteiger partial charge < -0.3 is 15.4 Å². The van der Waals surface area contributed by atoms with Gasteiger partial charge in [-0.1, -0.05) is 86.6 Å². The highest BCUT2D eigenvalue weighted by Crippen LogP contribution is 2.37. The zero-order valence-electron chi connectivity index (χ0n) is 22.6. The van der Waals surface area contributed by atoms with Gasteiger partial charge in [-0.25, -0.2) is 9.59 Å². The fourth-order valence-corrected chi connectivity index (χ4v) is 4.96. The summed E-state index contributed by atoms with van der Waals surface area (Å²) in [6, 6.07) is 25.3. The number of hydrogen-bond acceptors (Lipinski definition) is 4. The largest absolute Gasteiger partial charge is 0.463 e. The Bertz CT molecular complexity index is 1340. The number of esters is 1. The van der Waals surface area contributed by atoms with E-state index in [1.165, 1.54) is 0 Å². The van der Waals surface area contributed by atoms with E-state index in [0.29, 0.717) is 41.9 Å². The molecule has 0 fully saturated rings. The minimum atomic E-state index is -0.757. The second-order valence-corrected chi connectivity index (χ2v) is 9.37. The highest BCUT2D eigenvalue weighted by molar-refractivity contribution is 6.05. The molecule has 1 aliphatic rings. The first-order valence-corrected chi connectivity index (χ1v) is 13.5. The fourth-order valence-electron chi connectivity index (χ4n) is 4.96. The minimum Gasteiger partial charge on any atom is -0.463 e. The Morgan fingerprint density at radius 3 is 2.28 bits per heavy atom. The molecule has 0 saturated heterocycles. The van der Waals surface area contributed by atoms with Crippen molar-refractivity contribution in [1.82, 2.24) is 10.2 Å². The molecule has 0 bridgehead atoms. The molecule has 0 aliphatic carbocycles. The number of carbonyl (C=O) groups is 3. The molecule has 1 aliphatic heterocycles. The third kappa shape index (κ3) is 6.20. The van der Waals surface area contributed by atoms with Gasteiger partial charge in [0, 0.05) is 12.2 Å². The number of benzene rings is 3. The lowest BCUT2D eigenvalue weighted by molar-refractivity contribution is -0.139. The standard InChI is InChI=1S/C32H35N3O4/c1-4-20-35-29(23-16-11-8-12-17-23)27(31(37)39-6-3)28(34-32(35)38)24-18-13-19-25(21-24)33-30(36)26(5-2)22-14-9-7-10-15-22/h7-19,21,26,28H,4-6,20H2,1-3H3,(H,33,36)(H,34,38). The van der Waals surface area contributed by atoms with Crippen LogP contribution in [0, 0.1) is 0 Å². The molecule has 0 aromatic heterocycles. The van der Waals surface area contributed by atoms with Crippen molar-refractivity contribution in [1.29, 1.82) is 0 Å². The monoisotopic (exact) mass is 525 g/mol. The van der Waals surface area contributed by atoms with Crippen molar-refractivity contribution in [3.8, 4) is 0 Å². The summed E-state index contributed by atoms with van der Waals surface area (Å²) >= 11 is 0. The number of amides is 3. The lowest BCUT2D eigenvalue weighted by Crippen LogP contribution is -2.48. The van der Waals surface area contributed by atoms with Crippen LogP contribution in [0.4, 0.5) is 10.5 Å². The highest BCUT2D eigenvalue weighted by atomic mass is 16.5. The van der Waals surface area contributed by atoms with Crippen LogP contribution >= 0.6 is 0 Å². The molecule has 2 N–H and O–H groups in total. The quantitative estimate of drug-likeness (QED) is 0.306. The third-order valence-electron chi connectivity index (χ3n) is 6.73. The summed E-state index contributed by atoms with van der Waals surface area (Å²) in [5, 5.41) is 6.04. The van der Waals surface area contributed by atoms with Crippen LogP contribution in [0.1, 0.15) is 62.3 Å². The van der Waals surface area contributed by atoms with E-state index < -0.39 is 12.0 Å². The molecule has 0 saturated carbocycles. The Kier molecular flexibility index (Phi) is 9.15. The number of nitrogens with zero attached hydrogens (tertiary/aromatic N) is 1. The van der Waals surface area contributed by atoms with Gasteiger partial charge >= 0.3 is 12.0 Å². The van der Waals surface area contributed by atoms with Crippen LogP contribution in [-0.2, 0) is 14.3 Å². The van der Waals surface area contributed by atoms with Crippen molar-refractivity contribution in [3.05, 3.63) is 107 Å². The fraction of sp³-hybridized carbons (Fsp3) is 0.281. The Hall–Kier alpha value is -4.39. The molecule has 3 aromatic rings. The van der Waals surface area contributed by atoms with Crippen molar-refractivity contribution >= 4 is 29.3 Å². The highest BCUT2D eigenvalue weighted by Gasteiger charge is 2.38. The first-order chi connectivity index (χ1) is 19.0. The smallest absolute Gasteiger partial charge is 0.338 e. The first-order valence-electron chi connectivity index (χ1n) is 13.5. The molecule has 3 amide bonds. The summed E-state index contributed by atoms with van der Waals surface area (Å²) in [5.74, 6) is -0.910. The van der Waals surface area contributed by atoms with E-state index in [1.807, 2.05) is 86.6 Å². The average Bonchev–Trinajstić information content (AvgIpc) is 2.95. The molecule has 1 heterocycles. The normalized spacial score (nSPS) is 15.9. The van der Waals surface area contributed by atoms with Crippen molar-refractivity contribution in [3.63, 3.8) is 0 Å². The number of carbonyl (C=O) groups excluding carboxylic acids is 3.